The third-order valence-electron chi connectivity index (χ3n) is 9.11. The molecular weight excluding hydrogens is 546 g/mol. The number of carbonyl (C=O) groups excluding carboxylic acids is 2. The number of ketones is 1. The summed E-state index contributed by atoms with van der Waals surface area (Å²) in [5.74, 6) is 0.0671. The number of unbranched alkanes of at least 4 members (excludes halogenated alkanes) is 24. The highest BCUT2D eigenvalue weighted by molar-refractivity contribution is 5.78. The van der Waals surface area contributed by atoms with E-state index in [1.165, 1.54) is 96.3 Å². The van der Waals surface area contributed by atoms with Gasteiger partial charge in [0, 0.05) is 38.8 Å². The summed E-state index contributed by atoms with van der Waals surface area (Å²) >= 11 is 0. The molecule has 5 heteroatoms. The number of Topliss-reactive ketones (excluding diaryl/α,β-unsaturated/α-hetero) is 1. The van der Waals surface area contributed by atoms with Crippen LogP contribution in [0.25, 0.3) is 0 Å². The molecule has 0 aliphatic rings. The van der Waals surface area contributed by atoms with E-state index in [0.29, 0.717) is 31.0 Å². The van der Waals surface area contributed by atoms with Crippen LogP contribution in [0.3, 0.4) is 0 Å². The molecule has 0 radical (unpaired) electrons. The first-order valence-electron chi connectivity index (χ1n) is 19.5. The number of nitrogens with zero attached hydrogens (tertiary/aromatic N) is 1. The van der Waals surface area contributed by atoms with E-state index in [0.717, 1.165) is 96.6 Å². The summed E-state index contributed by atoms with van der Waals surface area (Å²) in [5.41, 5.74) is 0. The van der Waals surface area contributed by atoms with Gasteiger partial charge in [0.2, 0.25) is 5.91 Å². The van der Waals surface area contributed by atoms with Crippen molar-refractivity contribution in [2.75, 3.05) is 13.1 Å². The normalized spacial score (nSPS) is 11.2. The largest absolute Gasteiger partial charge is 0.481 e. The third kappa shape index (κ3) is 32.0. The monoisotopic (exact) mass is 622 g/mol. The molecule has 0 heterocycles. The molecule has 0 aromatic carbocycles. The lowest BCUT2D eigenvalue weighted by atomic mass is 10.0. The molecule has 0 unspecified atom stereocenters. The van der Waals surface area contributed by atoms with Crippen molar-refractivity contribution in [3.8, 4) is 0 Å². The highest BCUT2D eigenvalue weighted by atomic mass is 16.4. The van der Waals surface area contributed by atoms with E-state index < -0.39 is 5.97 Å². The Morgan fingerprint density at radius 1 is 0.386 bits per heavy atom. The van der Waals surface area contributed by atoms with Gasteiger partial charge in [-0.25, -0.2) is 0 Å². The van der Waals surface area contributed by atoms with Crippen molar-refractivity contribution in [1.82, 2.24) is 4.90 Å². The highest BCUT2D eigenvalue weighted by Gasteiger charge is 2.13. The maximum absolute atomic E-state index is 13.1. The number of hydrogen-bond donors (Lipinski definition) is 1. The quantitative estimate of drug-likeness (QED) is 0.0706. The van der Waals surface area contributed by atoms with E-state index in [-0.39, 0.29) is 6.42 Å². The van der Waals surface area contributed by atoms with Crippen molar-refractivity contribution >= 4 is 17.7 Å². The van der Waals surface area contributed by atoms with Crippen molar-refractivity contribution in [2.45, 2.75) is 219 Å². The number of hydrogen-bond acceptors (Lipinski definition) is 3. The predicted molar refractivity (Wildman–Crippen MR) is 188 cm³/mol. The van der Waals surface area contributed by atoms with Gasteiger partial charge in [0.05, 0.1) is 0 Å². The number of carboxylic acid groups (broad SMARTS) is 1. The van der Waals surface area contributed by atoms with Gasteiger partial charge in [-0.05, 0) is 38.5 Å². The number of aliphatic carboxylic acids is 1. The fraction of sp³-hybridized carbons (Fsp3) is 0.923. The van der Waals surface area contributed by atoms with Crippen molar-refractivity contribution < 1.29 is 19.5 Å². The lowest BCUT2D eigenvalue weighted by molar-refractivity contribution is -0.137. The van der Waals surface area contributed by atoms with Crippen LogP contribution in [0.2, 0.25) is 0 Å². The van der Waals surface area contributed by atoms with Gasteiger partial charge in [-0.2, -0.15) is 0 Å². The molecule has 1 N–H and O–H groups in total. The van der Waals surface area contributed by atoms with Crippen LogP contribution < -0.4 is 0 Å². The zero-order valence-electron chi connectivity index (χ0n) is 29.7. The average molecular weight is 622 g/mol. The summed E-state index contributed by atoms with van der Waals surface area (Å²) in [6, 6.07) is 0. The van der Waals surface area contributed by atoms with Crippen molar-refractivity contribution in [3.63, 3.8) is 0 Å². The molecule has 0 aromatic rings. The zero-order valence-corrected chi connectivity index (χ0v) is 29.7. The maximum Gasteiger partial charge on any atom is 0.303 e. The van der Waals surface area contributed by atoms with Gasteiger partial charge in [0.25, 0.3) is 0 Å². The Kier molecular flexibility index (Phi) is 33.4. The molecule has 0 aliphatic carbocycles. The Morgan fingerprint density at radius 2 is 0.682 bits per heavy atom. The minimum Gasteiger partial charge on any atom is -0.481 e. The fourth-order valence-corrected chi connectivity index (χ4v) is 6.13. The van der Waals surface area contributed by atoms with Crippen LogP contribution in [0.5, 0.6) is 0 Å². The van der Waals surface area contributed by atoms with Crippen LogP contribution in [0.1, 0.15) is 219 Å². The molecule has 5 nitrogen and oxygen atoms in total. The van der Waals surface area contributed by atoms with Crippen LogP contribution in [0.15, 0.2) is 0 Å². The predicted octanol–water partition coefficient (Wildman–Crippen LogP) is 12.0. The molecule has 0 rings (SSSR count). The van der Waals surface area contributed by atoms with Crippen molar-refractivity contribution in [3.05, 3.63) is 0 Å². The molecule has 0 aromatic heterocycles. The standard InChI is InChI=1S/C39H75NO4/c1-3-5-7-9-11-17-23-29-35-40(36-30-24-18-12-10-8-6-4-2)38(42)33-27-21-15-13-19-25-31-37(41)32-26-20-14-16-22-28-34-39(43)44/h3-36H2,1-2H3,(H,43,44). The summed E-state index contributed by atoms with van der Waals surface area (Å²) in [5, 5.41) is 8.66. The Bertz CT molecular complexity index is 630. The topological polar surface area (TPSA) is 74.7 Å². The highest BCUT2D eigenvalue weighted by Crippen LogP contribution is 2.15. The Morgan fingerprint density at radius 3 is 1.05 bits per heavy atom. The number of amides is 1. The van der Waals surface area contributed by atoms with Crippen molar-refractivity contribution in [2.24, 2.45) is 0 Å². The van der Waals surface area contributed by atoms with Crippen LogP contribution in [0.4, 0.5) is 0 Å². The summed E-state index contributed by atoms with van der Waals surface area (Å²) in [4.78, 5) is 38.0. The SMILES string of the molecule is CCCCCCCCCCN(CCCCCCCCCC)C(=O)CCCCCCCCC(=O)CCCCCCCCC(=O)O. The maximum atomic E-state index is 13.1. The van der Waals surface area contributed by atoms with E-state index in [4.69, 9.17) is 5.11 Å². The Balaban J connectivity index is 3.96. The zero-order chi connectivity index (χ0) is 32.4. The molecular formula is C39H75NO4. The van der Waals surface area contributed by atoms with Gasteiger partial charge >= 0.3 is 5.97 Å². The molecule has 0 atom stereocenters. The fourth-order valence-electron chi connectivity index (χ4n) is 6.13. The summed E-state index contributed by atoms with van der Waals surface area (Å²) < 4.78 is 0. The summed E-state index contributed by atoms with van der Waals surface area (Å²) in [7, 11) is 0. The van der Waals surface area contributed by atoms with Crippen LogP contribution >= 0.6 is 0 Å². The Hall–Kier alpha value is -1.39. The number of rotatable bonds is 36. The molecule has 260 valence electrons. The average Bonchev–Trinajstić information content (AvgIpc) is 3.01. The minimum absolute atomic E-state index is 0.272. The first-order chi connectivity index (χ1) is 21.5. The van der Waals surface area contributed by atoms with E-state index >= 15 is 0 Å². The van der Waals surface area contributed by atoms with E-state index in [9.17, 15) is 14.4 Å². The summed E-state index contributed by atoms with van der Waals surface area (Å²) in [6.07, 6.45) is 35.9. The minimum atomic E-state index is -0.707. The van der Waals surface area contributed by atoms with E-state index in [1.54, 1.807) is 0 Å². The van der Waals surface area contributed by atoms with Gasteiger partial charge < -0.3 is 10.0 Å². The van der Waals surface area contributed by atoms with E-state index in [2.05, 4.69) is 18.7 Å². The first-order valence-corrected chi connectivity index (χ1v) is 19.5. The van der Waals surface area contributed by atoms with Crippen LogP contribution in [0, 0.1) is 0 Å². The first kappa shape index (κ1) is 42.6. The lowest BCUT2D eigenvalue weighted by Crippen LogP contribution is -2.32. The van der Waals surface area contributed by atoms with Gasteiger partial charge in [0.15, 0.2) is 0 Å². The smallest absolute Gasteiger partial charge is 0.303 e. The summed E-state index contributed by atoms with van der Waals surface area (Å²) in [6.45, 7) is 6.44. The van der Waals surface area contributed by atoms with Gasteiger partial charge in [-0.1, -0.05) is 155 Å². The molecule has 0 saturated heterocycles. The molecule has 0 saturated carbocycles. The molecule has 1 amide bonds. The molecule has 0 bridgehead atoms. The van der Waals surface area contributed by atoms with Crippen molar-refractivity contribution in [1.29, 1.82) is 0 Å². The second kappa shape index (κ2) is 34.5. The molecule has 44 heavy (non-hydrogen) atoms. The second-order valence-electron chi connectivity index (χ2n) is 13.5. The number of carbonyl (C=O) groups is 3. The molecule has 0 aliphatic heterocycles. The number of carboxylic acids is 1. The molecule has 0 spiro atoms. The van der Waals surface area contributed by atoms with Gasteiger partial charge in [0.1, 0.15) is 5.78 Å². The molecule has 0 fully saturated rings. The lowest BCUT2D eigenvalue weighted by Gasteiger charge is -2.23. The van der Waals surface area contributed by atoms with Crippen LogP contribution in [-0.4, -0.2) is 40.8 Å². The van der Waals surface area contributed by atoms with E-state index in [1.807, 2.05) is 0 Å². The second-order valence-corrected chi connectivity index (χ2v) is 13.5. The van der Waals surface area contributed by atoms with Gasteiger partial charge in [-0.15, -0.1) is 0 Å². The third-order valence-corrected chi connectivity index (χ3v) is 9.11. The Labute approximate surface area is 274 Å². The van der Waals surface area contributed by atoms with Gasteiger partial charge in [-0.3, -0.25) is 14.4 Å². The van der Waals surface area contributed by atoms with Crippen LogP contribution in [-0.2, 0) is 14.4 Å².